The second-order valence-electron chi connectivity index (χ2n) is 3.07. The van der Waals surface area contributed by atoms with Gasteiger partial charge >= 0.3 is 94.4 Å². The SMILES string of the molecule is Fc1cccc(-c2ccc([AsH2])nc2)c1F. The van der Waals surface area contributed by atoms with E-state index in [2.05, 4.69) is 4.98 Å². The Kier molecular flexibility index (Phi) is 2.83. The van der Waals surface area contributed by atoms with Gasteiger partial charge in [0.15, 0.2) is 0 Å². The van der Waals surface area contributed by atoms with E-state index in [0.717, 1.165) is 10.5 Å². The number of halogens is 2. The Morgan fingerprint density at radius 3 is 2.53 bits per heavy atom. The molecule has 1 nitrogen and oxygen atoms in total. The molecule has 0 amide bonds. The Balaban J connectivity index is 2.54. The molecular weight excluding hydrogens is 259 g/mol. The first-order valence-corrected chi connectivity index (χ1v) is 5.55. The third-order valence-corrected chi connectivity index (χ3v) is 2.77. The van der Waals surface area contributed by atoms with E-state index < -0.39 is 11.6 Å². The van der Waals surface area contributed by atoms with Gasteiger partial charge in [0, 0.05) is 0 Å². The van der Waals surface area contributed by atoms with Crippen molar-refractivity contribution in [1.82, 2.24) is 4.98 Å². The summed E-state index contributed by atoms with van der Waals surface area (Å²) in [4.78, 5) is 4.06. The topological polar surface area (TPSA) is 12.9 Å². The van der Waals surface area contributed by atoms with Gasteiger partial charge in [0.1, 0.15) is 0 Å². The summed E-state index contributed by atoms with van der Waals surface area (Å²) in [5.41, 5.74) is 0.836. The number of pyridine rings is 1. The van der Waals surface area contributed by atoms with Crippen LogP contribution in [-0.2, 0) is 0 Å². The molecule has 0 aliphatic carbocycles. The van der Waals surface area contributed by atoms with Crippen molar-refractivity contribution in [3.8, 4) is 11.1 Å². The van der Waals surface area contributed by atoms with Crippen LogP contribution in [0.1, 0.15) is 0 Å². The number of rotatable bonds is 1. The molecule has 1 aromatic carbocycles. The normalized spacial score (nSPS) is 10.3. The Hall–Kier alpha value is -1.21. The van der Waals surface area contributed by atoms with Crippen LogP contribution < -0.4 is 4.48 Å². The van der Waals surface area contributed by atoms with Gasteiger partial charge in [-0.25, -0.2) is 0 Å². The van der Waals surface area contributed by atoms with E-state index in [1.54, 1.807) is 18.3 Å². The number of hydrogen-bond donors (Lipinski definition) is 0. The molecule has 0 fully saturated rings. The van der Waals surface area contributed by atoms with Crippen molar-refractivity contribution in [2.24, 2.45) is 0 Å². The van der Waals surface area contributed by atoms with Crippen LogP contribution in [0.15, 0.2) is 36.5 Å². The van der Waals surface area contributed by atoms with Gasteiger partial charge in [-0.3, -0.25) is 0 Å². The average molecular weight is 267 g/mol. The molecule has 76 valence electrons. The van der Waals surface area contributed by atoms with Crippen molar-refractivity contribution in [2.75, 3.05) is 0 Å². The van der Waals surface area contributed by atoms with Crippen molar-refractivity contribution >= 4 is 21.3 Å². The third kappa shape index (κ3) is 2.07. The fourth-order valence-corrected chi connectivity index (χ4v) is 1.65. The third-order valence-electron chi connectivity index (χ3n) is 2.05. The predicted octanol–water partition coefficient (Wildman–Crippen LogP) is 1.29. The summed E-state index contributed by atoms with van der Waals surface area (Å²) < 4.78 is 27.2. The second-order valence-corrected chi connectivity index (χ2v) is 4.31. The van der Waals surface area contributed by atoms with Crippen LogP contribution in [0.25, 0.3) is 11.1 Å². The van der Waals surface area contributed by atoms with E-state index in [9.17, 15) is 8.78 Å². The van der Waals surface area contributed by atoms with Crippen molar-refractivity contribution < 1.29 is 8.78 Å². The fourth-order valence-electron chi connectivity index (χ4n) is 1.29. The molecule has 2 aromatic rings. The van der Waals surface area contributed by atoms with E-state index in [1.807, 2.05) is 0 Å². The molecule has 0 radical (unpaired) electrons. The minimum atomic E-state index is -0.836. The van der Waals surface area contributed by atoms with Gasteiger partial charge < -0.3 is 0 Å². The molecular formula is C11H8AsF2N. The van der Waals surface area contributed by atoms with Crippen LogP contribution >= 0.6 is 0 Å². The molecule has 15 heavy (non-hydrogen) atoms. The summed E-state index contributed by atoms with van der Waals surface area (Å²) >= 11 is 1.39. The van der Waals surface area contributed by atoms with Gasteiger partial charge in [-0.05, 0) is 0 Å². The van der Waals surface area contributed by atoms with Crippen molar-refractivity contribution in [1.29, 1.82) is 0 Å². The van der Waals surface area contributed by atoms with Gasteiger partial charge in [0.2, 0.25) is 0 Å². The molecule has 1 aromatic heterocycles. The Morgan fingerprint density at radius 2 is 1.87 bits per heavy atom. The van der Waals surface area contributed by atoms with E-state index in [1.165, 1.54) is 29.0 Å². The van der Waals surface area contributed by atoms with Crippen LogP contribution in [0.5, 0.6) is 0 Å². The molecule has 2 rings (SSSR count). The molecule has 4 heteroatoms. The Morgan fingerprint density at radius 1 is 1.07 bits per heavy atom. The summed E-state index contributed by atoms with van der Waals surface area (Å²) in [6, 6.07) is 7.65. The summed E-state index contributed by atoms with van der Waals surface area (Å²) in [5, 5.41) is 0. The Bertz CT molecular complexity index is 482. The van der Waals surface area contributed by atoms with Crippen LogP contribution in [-0.4, -0.2) is 21.8 Å². The number of hydrogen-bond acceptors (Lipinski definition) is 1. The summed E-state index contributed by atoms with van der Waals surface area (Å²) in [7, 11) is 0. The van der Waals surface area contributed by atoms with Gasteiger partial charge in [-0.15, -0.1) is 0 Å². The van der Waals surface area contributed by atoms with Gasteiger partial charge in [-0.1, -0.05) is 0 Å². The quantitative estimate of drug-likeness (QED) is 0.709. The van der Waals surface area contributed by atoms with Crippen LogP contribution in [0.4, 0.5) is 8.78 Å². The molecule has 0 spiro atoms. The van der Waals surface area contributed by atoms with Crippen molar-refractivity contribution in [2.45, 2.75) is 0 Å². The first-order valence-electron chi connectivity index (χ1n) is 4.34. The first-order chi connectivity index (χ1) is 7.18. The maximum absolute atomic E-state index is 13.4. The monoisotopic (exact) mass is 267 g/mol. The van der Waals surface area contributed by atoms with Crippen LogP contribution in [0, 0.1) is 11.6 Å². The van der Waals surface area contributed by atoms with Crippen molar-refractivity contribution in [3.63, 3.8) is 0 Å². The fraction of sp³-hybridized carbons (Fsp3) is 0. The molecule has 0 aliphatic heterocycles. The molecule has 0 N–H and O–H groups in total. The van der Waals surface area contributed by atoms with Gasteiger partial charge in [-0.2, -0.15) is 0 Å². The number of nitrogens with zero attached hydrogens (tertiary/aromatic N) is 1. The molecule has 1 atom stereocenters. The van der Waals surface area contributed by atoms with Crippen molar-refractivity contribution in [3.05, 3.63) is 48.2 Å². The summed E-state index contributed by atoms with van der Waals surface area (Å²) in [6.45, 7) is 0. The van der Waals surface area contributed by atoms with Gasteiger partial charge in [0.25, 0.3) is 0 Å². The van der Waals surface area contributed by atoms with E-state index >= 15 is 0 Å². The zero-order valence-electron chi connectivity index (χ0n) is 7.74. The summed E-state index contributed by atoms with van der Waals surface area (Å²) in [5.74, 6) is -1.66. The maximum atomic E-state index is 13.4. The first kappa shape index (κ1) is 10.3. The van der Waals surface area contributed by atoms with E-state index in [0.29, 0.717) is 5.56 Å². The molecule has 0 bridgehead atoms. The van der Waals surface area contributed by atoms with E-state index in [4.69, 9.17) is 0 Å². The zero-order chi connectivity index (χ0) is 10.8. The zero-order valence-corrected chi connectivity index (χ0v) is 10.2. The number of aromatic nitrogens is 1. The second kappa shape index (κ2) is 4.11. The molecule has 0 saturated heterocycles. The molecule has 1 unspecified atom stereocenters. The molecule has 1 heterocycles. The number of benzene rings is 1. The van der Waals surface area contributed by atoms with Crippen LogP contribution in [0.3, 0.4) is 0 Å². The standard InChI is InChI=1S/C11H8AsF2N/c12-10-5-4-7(6-15-10)8-2-1-3-9(13)11(8)14/h1-6H,12H2. The van der Waals surface area contributed by atoms with E-state index in [-0.39, 0.29) is 5.56 Å². The molecule has 0 aliphatic rings. The predicted molar refractivity (Wildman–Crippen MR) is 57.8 cm³/mol. The summed E-state index contributed by atoms with van der Waals surface area (Å²) in [6.07, 6.45) is 1.55. The molecule has 0 saturated carbocycles. The van der Waals surface area contributed by atoms with Gasteiger partial charge in [0.05, 0.1) is 0 Å². The Labute approximate surface area is 94.7 Å². The average Bonchev–Trinajstić information content (AvgIpc) is 2.24. The van der Waals surface area contributed by atoms with Crippen LogP contribution in [0.2, 0.25) is 0 Å². The minimum absolute atomic E-state index is 0.245.